The Morgan fingerprint density at radius 1 is 1.50 bits per heavy atom. The monoisotopic (exact) mass is 320 g/mol. The van der Waals surface area contributed by atoms with Crippen molar-refractivity contribution in [1.29, 1.82) is 0 Å². The maximum Gasteiger partial charge on any atom is 0.248 e. The largest absolute Gasteiger partial charge is 0.329 e. The highest BCUT2D eigenvalue weighted by Crippen LogP contribution is 2.33. The minimum atomic E-state index is -3.66. The fraction of sp³-hybridized carbons (Fsp3) is 0.750. The van der Waals surface area contributed by atoms with E-state index in [1.165, 1.54) is 8.99 Å². The molecular formula is C12H21ClN4O2S. The SMILES string of the molecule is Cc1nn(C)c(Cl)c1S(=O)(=O)N1CCC[C@@H](C)[C@@H]1CN. The van der Waals surface area contributed by atoms with Crippen molar-refractivity contribution in [2.24, 2.45) is 18.7 Å². The average molecular weight is 321 g/mol. The summed E-state index contributed by atoms with van der Waals surface area (Å²) in [6, 6.07) is -0.176. The second kappa shape index (κ2) is 5.63. The van der Waals surface area contributed by atoms with Crippen LogP contribution in [0.5, 0.6) is 0 Å². The van der Waals surface area contributed by atoms with Crippen LogP contribution in [0.15, 0.2) is 4.90 Å². The Hall–Kier alpha value is -0.630. The van der Waals surface area contributed by atoms with Gasteiger partial charge in [-0.1, -0.05) is 18.5 Å². The number of hydrogen-bond acceptors (Lipinski definition) is 4. The fourth-order valence-electron chi connectivity index (χ4n) is 2.88. The van der Waals surface area contributed by atoms with E-state index in [4.69, 9.17) is 17.3 Å². The molecule has 0 bridgehead atoms. The van der Waals surface area contributed by atoms with Crippen molar-refractivity contribution >= 4 is 21.6 Å². The van der Waals surface area contributed by atoms with Crippen molar-refractivity contribution in [3.63, 3.8) is 0 Å². The van der Waals surface area contributed by atoms with Crippen molar-refractivity contribution in [2.75, 3.05) is 13.1 Å². The number of aryl methyl sites for hydroxylation is 2. The van der Waals surface area contributed by atoms with Gasteiger partial charge in [0.15, 0.2) is 0 Å². The maximum absolute atomic E-state index is 12.9. The zero-order valence-corrected chi connectivity index (χ0v) is 13.6. The van der Waals surface area contributed by atoms with Crippen LogP contribution in [-0.2, 0) is 17.1 Å². The van der Waals surface area contributed by atoms with Gasteiger partial charge in [0.05, 0.1) is 5.69 Å². The lowest BCUT2D eigenvalue weighted by Gasteiger charge is -2.38. The molecule has 1 aliphatic rings. The molecule has 2 N–H and O–H groups in total. The molecule has 114 valence electrons. The smallest absolute Gasteiger partial charge is 0.248 e. The Bertz CT molecular complexity index is 599. The molecule has 0 aromatic carbocycles. The first-order valence-corrected chi connectivity index (χ1v) is 8.53. The van der Waals surface area contributed by atoms with Crippen LogP contribution in [0.4, 0.5) is 0 Å². The van der Waals surface area contributed by atoms with E-state index < -0.39 is 10.0 Å². The molecule has 1 fully saturated rings. The number of nitrogens with zero attached hydrogens (tertiary/aromatic N) is 3. The molecule has 1 aliphatic heterocycles. The highest BCUT2D eigenvalue weighted by Gasteiger charge is 2.39. The van der Waals surface area contributed by atoms with Gasteiger partial charge in [0.2, 0.25) is 10.0 Å². The summed E-state index contributed by atoms with van der Waals surface area (Å²) in [6.45, 7) is 4.50. The van der Waals surface area contributed by atoms with E-state index in [2.05, 4.69) is 5.10 Å². The molecule has 2 rings (SSSR count). The van der Waals surface area contributed by atoms with Crippen molar-refractivity contribution < 1.29 is 8.42 Å². The van der Waals surface area contributed by atoms with Gasteiger partial charge in [0.1, 0.15) is 10.0 Å². The van der Waals surface area contributed by atoms with E-state index in [0.29, 0.717) is 18.8 Å². The Morgan fingerprint density at radius 2 is 2.15 bits per heavy atom. The van der Waals surface area contributed by atoms with Gasteiger partial charge in [-0.3, -0.25) is 4.68 Å². The predicted octanol–water partition coefficient (Wildman–Crippen LogP) is 1.13. The van der Waals surface area contributed by atoms with Crippen molar-refractivity contribution in [2.45, 2.75) is 37.6 Å². The Kier molecular flexibility index (Phi) is 4.44. The van der Waals surface area contributed by atoms with Gasteiger partial charge >= 0.3 is 0 Å². The third-order valence-electron chi connectivity index (χ3n) is 3.97. The van der Waals surface area contributed by atoms with Crippen LogP contribution in [0, 0.1) is 12.8 Å². The molecule has 0 saturated carbocycles. The lowest BCUT2D eigenvalue weighted by molar-refractivity contribution is 0.192. The molecule has 6 nitrogen and oxygen atoms in total. The summed E-state index contributed by atoms with van der Waals surface area (Å²) in [6.07, 6.45) is 1.83. The third kappa shape index (κ3) is 2.47. The van der Waals surface area contributed by atoms with Crippen LogP contribution in [0.2, 0.25) is 5.15 Å². The zero-order valence-electron chi connectivity index (χ0n) is 12.0. The van der Waals surface area contributed by atoms with E-state index in [9.17, 15) is 8.42 Å². The number of nitrogens with two attached hydrogens (primary N) is 1. The third-order valence-corrected chi connectivity index (χ3v) is 6.59. The molecule has 1 aromatic heterocycles. The number of hydrogen-bond donors (Lipinski definition) is 1. The van der Waals surface area contributed by atoms with Crippen LogP contribution in [0.1, 0.15) is 25.5 Å². The van der Waals surface area contributed by atoms with Crippen molar-refractivity contribution in [3.05, 3.63) is 10.8 Å². The second-order valence-electron chi connectivity index (χ2n) is 5.37. The summed E-state index contributed by atoms with van der Waals surface area (Å²) in [7, 11) is -2.03. The standard InChI is InChI=1S/C12H21ClN4O2S/c1-8-5-4-6-17(10(8)7-14)20(18,19)11-9(2)15-16(3)12(11)13/h8,10H,4-7,14H2,1-3H3/t8-,10+/m1/s1. The molecule has 2 heterocycles. The first-order chi connectivity index (χ1) is 9.30. The molecule has 8 heteroatoms. The summed E-state index contributed by atoms with van der Waals surface area (Å²) >= 11 is 6.11. The van der Waals surface area contributed by atoms with E-state index in [1.54, 1.807) is 14.0 Å². The van der Waals surface area contributed by atoms with Crippen LogP contribution in [-0.4, -0.2) is 41.6 Å². The fourth-order valence-corrected chi connectivity index (χ4v) is 5.36. The van der Waals surface area contributed by atoms with Gasteiger partial charge in [-0.15, -0.1) is 0 Å². The Balaban J connectivity index is 2.48. The Morgan fingerprint density at radius 3 is 2.65 bits per heavy atom. The lowest BCUT2D eigenvalue weighted by atomic mass is 9.93. The molecule has 20 heavy (non-hydrogen) atoms. The molecule has 0 spiro atoms. The molecule has 1 saturated heterocycles. The number of rotatable bonds is 3. The van der Waals surface area contributed by atoms with Crippen molar-refractivity contribution in [1.82, 2.24) is 14.1 Å². The number of halogens is 1. The van der Waals surface area contributed by atoms with E-state index >= 15 is 0 Å². The zero-order chi connectivity index (χ0) is 15.1. The molecule has 0 radical (unpaired) electrons. The van der Waals surface area contributed by atoms with Gasteiger partial charge < -0.3 is 5.73 Å². The first kappa shape index (κ1) is 15.8. The molecule has 0 unspecified atom stereocenters. The summed E-state index contributed by atoms with van der Waals surface area (Å²) in [5, 5.41) is 4.24. The summed E-state index contributed by atoms with van der Waals surface area (Å²) in [4.78, 5) is 0.106. The number of sulfonamides is 1. The topological polar surface area (TPSA) is 81.2 Å². The summed E-state index contributed by atoms with van der Waals surface area (Å²) in [5.74, 6) is 0.249. The number of piperidine rings is 1. The van der Waals surface area contributed by atoms with Crippen LogP contribution >= 0.6 is 11.6 Å². The number of aromatic nitrogens is 2. The van der Waals surface area contributed by atoms with Crippen molar-refractivity contribution in [3.8, 4) is 0 Å². The highest BCUT2D eigenvalue weighted by molar-refractivity contribution is 7.89. The maximum atomic E-state index is 12.9. The van der Waals surface area contributed by atoms with Crippen LogP contribution in [0.3, 0.4) is 0 Å². The highest BCUT2D eigenvalue weighted by atomic mass is 35.5. The van der Waals surface area contributed by atoms with Crippen LogP contribution in [0.25, 0.3) is 0 Å². The quantitative estimate of drug-likeness (QED) is 0.905. The molecule has 0 amide bonds. The first-order valence-electron chi connectivity index (χ1n) is 6.71. The van der Waals surface area contributed by atoms with E-state index in [-0.39, 0.29) is 22.0 Å². The second-order valence-corrected chi connectivity index (χ2v) is 7.55. The minimum Gasteiger partial charge on any atom is -0.329 e. The minimum absolute atomic E-state index is 0.106. The molecule has 0 aliphatic carbocycles. The molecule has 2 atom stereocenters. The normalized spacial score (nSPS) is 25.1. The van der Waals surface area contributed by atoms with Gasteiger partial charge in [-0.05, 0) is 25.7 Å². The van der Waals surface area contributed by atoms with Gasteiger partial charge in [0.25, 0.3) is 0 Å². The van der Waals surface area contributed by atoms with E-state index in [1.807, 2.05) is 6.92 Å². The Labute approximate surface area is 124 Å². The predicted molar refractivity (Wildman–Crippen MR) is 78.1 cm³/mol. The lowest BCUT2D eigenvalue weighted by Crippen LogP contribution is -2.51. The van der Waals surface area contributed by atoms with Gasteiger partial charge in [0, 0.05) is 26.2 Å². The summed E-state index contributed by atoms with van der Waals surface area (Å²) < 4.78 is 28.7. The molecular weight excluding hydrogens is 300 g/mol. The van der Waals surface area contributed by atoms with E-state index in [0.717, 1.165) is 12.8 Å². The van der Waals surface area contributed by atoms with Gasteiger partial charge in [-0.25, -0.2) is 8.42 Å². The van der Waals surface area contributed by atoms with Crippen LogP contribution < -0.4 is 5.73 Å². The van der Waals surface area contributed by atoms with Gasteiger partial charge in [-0.2, -0.15) is 9.40 Å². The summed E-state index contributed by atoms with van der Waals surface area (Å²) in [5.41, 5.74) is 6.20. The average Bonchev–Trinajstić information content (AvgIpc) is 2.63. The molecule has 1 aromatic rings.